The summed E-state index contributed by atoms with van der Waals surface area (Å²) in [4.78, 5) is 14.4. The summed E-state index contributed by atoms with van der Waals surface area (Å²) in [6, 6.07) is 16.2. The summed E-state index contributed by atoms with van der Waals surface area (Å²) >= 11 is 0. The lowest BCUT2D eigenvalue weighted by Crippen LogP contribution is -2.52. The van der Waals surface area contributed by atoms with Gasteiger partial charge in [0.15, 0.2) is 0 Å². The molecule has 0 aliphatic carbocycles. The molecule has 148 valence electrons. The molecule has 0 aromatic heterocycles. The van der Waals surface area contributed by atoms with Crippen molar-refractivity contribution in [1.82, 2.24) is 4.90 Å². The summed E-state index contributed by atoms with van der Waals surface area (Å²) in [5.74, 6) is -0.309. The lowest BCUT2D eigenvalue weighted by atomic mass is 9.81. The second-order valence-electron chi connectivity index (χ2n) is 7.98. The van der Waals surface area contributed by atoms with Gasteiger partial charge in [-0.15, -0.1) is 0 Å². The van der Waals surface area contributed by atoms with E-state index in [1.807, 2.05) is 35.2 Å². The molecule has 0 bridgehead atoms. The van der Waals surface area contributed by atoms with Crippen molar-refractivity contribution < 1.29 is 19.0 Å². The number of hydrogen-bond acceptors (Lipinski definition) is 3. The van der Waals surface area contributed by atoms with Gasteiger partial charge in [-0.25, -0.2) is 4.39 Å². The predicted octanol–water partition coefficient (Wildman–Crippen LogP) is 3.64. The molecular formula is C23H26FNO3. The summed E-state index contributed by atoms with van der Waals surface area (Å²) in [6.45, 7) is 1.20. The fourth-order valence-corrected chi connectivity index (χ4v) is 4.45. The molecule has 2 aliphatic heterocycles. The third-order valence-corrected chi connectivity index (χ3v) is 5.93. The van der Waals surface area contributed by atoms with Crippen LogP contribution in [0.1, 0.15) is 42.9 Å². The van der Waals surface area contributed by atoms with Crippen molar-refractivity contribution in [1.29, 1.82) is 0 Å². The molecule has 1 N–H and O–H groups in total. The number of rotatable bonds is 3. The second-order valence-corrected chi connectivity index (χ2v) is 7.98. The van der Waals surface area contributed by atoms with E-state index in [1.54, 1.807) is 12.1 Å². The summed E-state index contributed by atoms with van der Waals surface area (Å²) in [5.41, 5.74) is 1.40. The van der Waals surface area contributed by atoms with Gasteiger partial charge in [0.2, 0.25) is 5.91 Å². The van der Waals surface area contributed by atoms with Gasteiger partial charge in [-0.2, -0.15) is 0 Å². The first-order chi connectivity index (χ1) is 13.5. The molecule has 1 spiro atoms. The van der Waals surface area contributed by atoms with Crippen LogP contribution in [0.5, 0.6) is 0 Å². The molecule has 0 radical (unpaired) electrons. The van der Waals surface area contributed by atoms with Gasteiger partial charge in [-0.3, -0.25) is 4.79 Å². The van der Waals surface area contributed by atoms with Gasteiger partial charge in [0.25, 0.3) is 0 Å². The number of carbonyl (C=O) groups excluding carboxylic acids is 1. The van der Waals surface area contributed by atoms with Crippen LogP contribution in [0.25, 0.3) is 0 Å². The van der Waals surface area contributed by atoms with Crippen molar-refractivity contribution in [3.8, 4) is 0 Å². The van der Waals surface area contributed by atoms with Gasteiger partial charge in [0.1, 0.15) is 5.82 Å². The van der Waals surface area contributed by atoms with Crippen LogP contribution >= 0.6 is 0 Å². The number of likely N-dealkylation sites (tertiary alicyclic amines) is 1. The van der Waals surface area contributed by atoms with Crippen LogP contribution in [0.2, 0.25) is 0 Å². The molecule has 0 unspecified atom stereocenters. The lowest BCUT2D eigenvalue weighted by Gasteiger charge is -2.48. The number of aliphatic hydroxyl groups is 1. The maximum atomic E-state index is 13.3. The largest absolute Gasteiger partial charge is 0.393 e. The molecular weight excluding hydrogens is 357 g/mol. The molecule has 2 saturated heterocycles. The number of amides is 1. The molecule has 2 heterocycles. The zero-order valence-corrected chi connectivity index (χ0v) is 15.9. The highest BCUT2D eigenvalue weighted by atomic mass is 19.1. The van der Waals surface area contributed by atoms with E-state index in [0.29, 0.717) is 44.3 Å². The van der Waals surface area contributed by atoms with E-state index in [-0.39, 0.29) is 29.9 Å². The first-order valence-electron chi connectivity index (χ1n) is 9.96. The molecule has 0 saturated carbocycles. The molecule has 2 aromatic carbocycles. The summed E-state index contributed by atoms with van der Waals surface area (Å²) in [7, 11) is 0. The number of nitrogens with zero attached hydrogens (tertiary/aromatic N) is 1. The zero-order valence-electron chi connectivity index (χ0n) is 15.9. The van der Waals surface area contributed by atoms with Crippen LogP contribution in [0.15, 0.2) is 54.6 Å². The minimum absolute atomic E-state index is 0.0106. The van der Waals surface area contributed by atoms with Gasteiger partial charge >= 0.3 is 0 Å². The Hall–Kier alpha value is -2.24. The number of aliphatic hydroxyl groups excluding tert-OH is 1. The van der Waals surface area contributed by atoms with Gasteiger partial charge < -0.3 is 14.7 Å². The minimum atomic E-state index is -0.395. The molecule has 2 aliphatic rings. The number of ether oxygens (including phenoxy) is 1. The van der Waals surface area contributed by atoms with Crippen molar-refractivity contribution in [2.24, 2.45) is 0 Å². The normalized spacial score (nSPS) is 24.3. The van der Waals surface area contributed by atoms with Crippen molar-refractivity contribution in [3.05, 3.63) is 71.5 Å². The molecule has 4 rings (SSSR count). The smallest absolute Gasteiger partial charge is 0.226 e. The van der Waals surface area contributed by atoms with E-state index < -0.39 is 6.10 Å². The molecule has 5 heteroatoms. The van der Waals surface area contributed by atoms with E-state index in [1.165, 1.54) is 12.1 Å². The van der Waals surface area contributed by atoms with Gasteiger partial charge in [-0.05, 0) is 36.1 Å². The van der Waals surface area contributed by atoms with E-state index in [4.69, 9.17) is 4.74 Å². The van der Waals surface area contributed by atoms with Crippen LogP contribution < -0.4 is 0 Å². The van der Waals surface area contributed by atoms with Gasteiger partial charge in [-0.1, -0.05) is 42.5 Å². The third kappa shape index (κ3) is 4.26. The summed E-state index contributed by atoms with van der Waals surface area (Å²) < 4.78 is 19.8. The molecule has 2 aromatic rings. The van der Waals surface area contributed by atoms with Gasteiger partial charge in [0.05, 0.1) is 24.2 Å². The molecule has 2 fully saturated rings. The molecule has 28 heavy (non-hydrogen) atoms. The monoisotopic (exact) mass is 383 g/mol. The summed E-state index contributed by atoms with van der Waals surface area (Å²) in [5, 5.41) is 10.5. The Bertz CT molecular complexity index is 818. The van der Waals surface area contributed by atoms with Crippen molar-refractivity contribution >= 4 is 5.91 Å². The van der Waals surface area contributed by atoms with E-state index in [2.05, 4.69) is 0 Å². The number of halogens is 1. The Morgan fingerprint density at radius 1 is 1.14 bits per heavy atom. The zero-order chi connectivity index (χ0) is 19.6. The fraction of sp³-hybridized carbons (Fsp3) is 0.435. The number of benzene rings is 2. The first kappa shape index (κ1) is 19.1. The summed E-state index contributed by atoms with van der Waals surface area (Å²) in [6.07, 6.45) is 2.34. The van der Waals surface area contributed by atoms with Crippen LogP contribution in [0, 0.1) is 5.82 Å². The Labute approximate surface area is 164 Å². The van der Waals surface area contributed by atoms with E-state index in [0.717, 1.165) is 5.56 Å². The number of hydrogen-bond donors (Lipinski definition) is 1. The highest BCUT2D eigenvalue weighted by molar-refractivity contribution is 5.78. The Kier molecular flexibility index (Phi) is 5.47. The Morgan fingerprint density at radius 2 is 1.89 bits per heavy atom. The number of piperidine rings is 1. The Balaban J connectivity index is 1.39. The second kappa shape index (κ2) is 8.02. The topological polar surface area (TPSA) is 49.8 Å². The highest BCUT2D eigenvalue weighted by Gasteiger charge is 2.44. The molecule has 1 amide bonds. The quantitative estimate of drug-likeness (QED) is 0.880. The minimum Gasteiger partial charge on any atom is -0.393 e. The Morgan fingerprint density at radius 3 is 2.61 bits per heavy atom. The van der Waals surface area contributed by atoms with Crippen molar-refractivity contribution in [3.63, 3.8) is 0 Å². The standard InChI is InChI=1S/C23H26FNO3/c24-19-8-4-5-17(13-19)14-22(27)25-11-9-23(10-12-25)16-20(26)15-21(28-23)18-6-2-1-3-7-18/h1-8,13,20-21,26H,9-12,14-16H2/t20-,21-/m1/s1. The van der Waals surface area contributed by atoms with Crippen LogP contribution in [-0.2, 0) is 16.0 Å². The van der Waals surface area contributed by atoms with Crippen LogP contribution in [0.3, 0.4) is 0 Å². The SMILES string of the molecule is O=C(Cc1cccc(F)c1)N1CCC2(CC1)C[C@H](O)C[C@H](c1ccccc1)O2. The van der Waals surface area contributed by atoms with Crippen molar-refractivity contribution in [2.75, 3.05) is 13.1 Å². The first-order valence-corrected chi connectivity index (χ1v) is 9.96. The predicted molar refractivity (Wildman–Crippen MR) is 104 cm³/mol. The average Bonchev–Trinajstić information content (AvgIpc) is 2.68. The highest BCUT2D eigenvalue weighted by Crippen LogP contribution is 2.42. The van der Waals surface area contributed by atoms with Gasteiger partial charge in [0, 0.05) is 25.9 Å². The van der Waals surface area contributed by atoms with E-state index in [9.17, 15) is 14.3 Å². The molecule has 2 atom stereocenters. The van der Waals surface area contributed by atoms with Crippen LogP contribution in [-0.4, -0.2) is 40.7 Å². The maximum Gasteiger partial charge on any atom is 0.226 e. The van der Waals surface area contributed by atoms with E-state index >= 15 is 0 Å². The van der Waals surface area contributed by atoms with Crippen LogP contribution in [0.4, 0.5) is 4.39 Å². The number of carbonyl (C=O) groups is 1. The van der Waals surface area contributed by atoms with Crippen molar-refractivity contribution in [2.45, 2.75) is 49.9 Å². The maximum absolute atomic E-state index is 13.3. The molecule has 4 nitrogen and oxygen atoms in total. The lowest BCUT2D eigenvalue weighted by molar-refractivity contribution is -0.185. The average molecular weight is 383 g/mol. The fourth-order valence-electron chi connectivity index (χ4n) is 4.45. The third-order valence-electron chi connectivity index (χ3n) is 5.93.